The molecule has 1 aromatic carbocycles. The Labute approximate surface area is 108 Å². The predicted molar refractivity (Wildman–Crippen MR) is 73.3 cm³/mol. The van der Waals surface area contributed by atoms with E-state index in [0.717, 1.165) is 31.5 Å². The molecule has 94 valence electrons. The molecule has 1 aliphatic rings. The molecule has 2 heterocycles. The van der Waals surface area contributed by atoms with Crippen molar-refractivity contribution in [2.24, 2.45) is 5.73 Å². The number of nitrogens with zero attached hydrogens (tertiary/aromatic N) is 2. The summed E-state index contributed by atoms with van der Waals surface area (Å²) in [4.78, 5) is 4.72. The Bertz CT molecular complexity index is 539. The van der Waals surface area contributed by atoms with Crippen LogP contribution in [0.25, 0.3) is 11.3 Å². The van der Waals surface area contributed by atoms with E-state index in [4.69, 9.17) is 10.7 Å². The molecule has 0 fully saturated rings. The van der Waals surface area contributed by atoms with E-state index in [0.29, 0.717) is 0 Å². The van der Waals surface area contributed by atoms with Crippen LogP contribution in [0, 0.1) is 0 Å². The highest BCUT2D eigenvalue weighted by atomic mass is 15.1. The quantitative estimate of drug-likeness (QED) is 0.877. The number of fused-ring (bicyclic) bond motifs is 1. The molecular weight excluding hydrogens is 222 g/mol. The van der Waals surface area contributed by atoms with Crippen LogP contribution in [-0.4, -0.2) is 15.6 Å². The molecule has 3 nitrogen and oxygen atoms in total. The summed E-state index contributed by atoms with van der Waals surface area (Å²) in [5, 5.41) is 0. The van der Waals surface area contributed by atoms with E-state index < -0.39 is 0 Å². The zero-order valence-electron chi connectivity index (χ0n) is 10.8. The second kappa shape index (κ2) is 4.58. The van der Waals surface area contributed by atoms with E-state index in [1.54, 1.807) is 0 Å². The molecule has 0 amide bonds. The molecule has 3 rings (SSSR count). The fourth-order valence-corrected chi connectivity index (χ4v) is 2.52. The van der Waals surface area contributed by atoms with E-state index in [1.807, 2.05) is 0 Å². The first-order valence-corrected chi connectivity index (χ1v) is 6.67. The summed E-state index contributed by atoms with van der Waals surface area (Å²) in [6.07, 6.45) is 5.25. The van der Waals surface area contributed by atoms with Gasteiger partial charge in [-0.25, -0.2) is 4.98 Å². The van der Waals surface area contributed by atoms with E-state index in [2.05, 4.69) is 42.0 Å². The van der Waals surface area contributed by atoms with Crippen LogP contribution in [0.4, 0.5) is 0 Å². The fourth-order valence-electron chi connectivity index (χ4n) is 2.52. The van der Waals surface area contributed by atoms with Crippen molar-refractivity contribution in [1.82, 2.24) is 9.55 Å². The predicted octanol–water partition coefficient (Wildman–Crippen LogP) is 2.39. The number of imidazole rings is 1. The third kappa shape index (κ3) is 2.06. The SMILES string of the molecule is CCc1ccc(-c2cn3c(n2)CCC(N)C3)cc1. The normalized spacial score (nSPS) is 18.7. The van der Waals surface area contributed by atoms with E-state index in [9.17, 15) is 0 Å². The number of benzene rings is 1. The Morgan fingerprint density at radius 1 is 1.33 bits per heavy atom. The van der Waals surface area contributed by atoms with Gasteiger partial charge < -0.3 is 10.3 Å². The largest absolute Gasteiger partial charge is 0.333 e. The molecule has 0 bridgehead atoms. The lowest BCUT2D eigenvalue weighted by Gasteiger charge is -2.19. The highest BCUT2D eigenvalue weighted by Crippen LogP contribution is 2.22. The third-order valence-corrected chi connectivity index (χ3v) is 3.69. The lowest BCUT2D eigenvalue weighted by atomic mass is 10.1. The Balaban J connectivity index is 1.92. The van der Waals surface area contributed by atoms with Crippen molar-refractivity contribution < 1.29 is 0 Å². The van der Waals surface area contributed by atoms with E-state index >= 15 is 0 Å². The van der Waals surface area contributed by atoms with Crippen LogP contribution >= 0.6 is 0 Å². The molecular formula is C15H19N3. The number of rotatable bonds is 2. The van der Waals surface area contributed by atoms with Gasteiger partial charge in [0.2, 0.25) is 0 Å². The molecule has 1 aliphatic heterocycles. The first-order valence-electron chi connectivity index (χ1n) is 6.67. The highest BCUT2D eigenvalue weighted by Gasteiger charge is 2.17. The maximum Gasteiger partial charge on any atom is 0.109 e. The van der Waals surface area contributed by atoms with Crippen LogP contribution in [0.15, 0.2) is 30.5 Å². The Kier molecular flexibility index (Phi) is 2.92. The molecule has 1 aromatic heterocycles. The number of aromatic nitrogens is 2. The molecule has 2 N–H and O–H groups in total. The summed E-state index contributed by atoms with van der Waals surface area (Å²) < 4.78 is 2.21. The molecule has 0 saturated heterocycles. The first-order chi connectivity index (χ1) is 8.76. The van der Waals surface area contributed by atoms with Crippen molar-refractivity contribution in [3.8, 4) is 11.3 Å². The Morgan fingerprint density at radius 2 is 2.11 bits per heavy atom. The van der Waals surface area contributed by atoms with E-state index in [1.165, 1.54) is 17.0 Å². The molecule has 0 radical (unpaired) electrons. The van der Waals surface area contributed by atoms with Gasteiger partial charge in [0, 0.05) is 30.8 Å². The van der Waals surface area contributed by atoms with Gasteiger partial charge in [0.05, 0.1) is 5.69 Å². The van der Waals surface area contributed by atoms with E-state index in [-0.39, 0.29) is 6.04 Å². The van der Waals surface area contributed by atoms with Gasteiger partial charge in [-0.05, 0) is 18.4 Å². The topological polar surface area (TPSA) is 43.8 Å². The molecule has 18 heavy (non-hydrogen) atoms. The maximum atomic E-state index is 5.99. The van der Waals surface area contributed by atoms with Crippen molar-refractivity contribution in [1.29, 1.82) is 0 Å². The lowest BCUT2D eigenvalue weighted by Crippen LogP contribution is -2.31. The summed E-state index contributed by atoms with van der Waals surface area (Å²) in [5.41, 5.74) is 9.62. The van der Waals surface area contributed by atoms with Crippen LogP contribution in [0.2, 0.25) is 0 Å². The van der Waals surface area contributed by atoms with Crippen LogP contribution in [0.1, 0.15) is 24.7 Å². The van der Waals surface area contributed by atoms with Gasteiger partial charge in [0.25, 0.3) is 0 Å². The van der Waals surface area contributed by atoms with Crippen LogP contribution < -0.4 is 5.73 Å². The van der Waals surface area contributed by atoms with Gasteiger partial charge >= 0.3 is 0 Å². The fraction of sp³-hybridized carbons (Fsp3) is 0.400. The summed E-state index contributed by atoms with van der Waals surface area (Å²) in [6.45, 7) is 3.07. The zero-order valence-corrected chi connectivity index (χ0v) is 10.8. The van der Waals surface area contributed by atoms with Crippen molar-refractivity contribution in [2.45, 2.75) is 38.8 Å². The smallest absolute Gasteiger partial charge is 0.109 e. The molecule has 1 unspecified atom stereocenters. The molecule has 0 aliphatic carbocycles. The number of aryl methyl sites for hydroxylation is 2. The van der Waals surface area contributed by atoms with Crippen LogP contribution in [-0.2, 0) is 19.4 Å². The standard InChI is InChI=1S/C15H19N3/c1-2-11-3-5-12(6-4-11)14-10-18-9-13(16)7-8-15(18)17-14/h3-6,10,13H,2,7-9,16H2,1H3. The van der Waals surface area contributed by atoms with Crippen LogP contribution in [0.3, 0.4) is 0 Å². The number of nitrogens with two attached hydrogens (primary N) is 1. The summed E-state index contributed by atoms with van der Waals surface area (Å²) in [7, 11) is 0. The van der Waals surface area contributed by atoms with Gasteiger partial charge in [-0.15, -0.1) is 0 Å². The first kappa shape index (κ1) is 11.5. The monoisotopic (exact) mass is 241 g/mol. The lowest BCUT2D eigenvalue weighted by molar-refractivity contribution is 0.453. The average Bonchev–Trinajstić information content (AvgIpc) is 2.81. The van der Waals surface area contributed by atoms with Crippen LogP contribution in [0.5, 0.6) is 0 Å². The molecule has 0 saturated carbocycles. The minimum atomic E-state index is 0.280. The zero-order chi connectivity index (χ0) is 12.5. The van der Waals surface area contributed by atoms with Crippen molar-refractivity contribution in [3.05, 3.63) is 41.9 Å². The number of hydrogen-bond donors (Lipinski definition) is 1. The molecule has 3 heteroatoms. The van der Waals surface area contributed by atoms with Gasteiger partial charge in [-0.1, -0.05) is 31.2 Å². The second-order valence-electron chi connectivity index (χ2n) is 5.04. The molecule has 2 aromatic rings. The second-order valence-corrected chi connectivity index (χ2v) is 5.04. The maximum absolute atomic E-state index is 5.99. The van der Waals surface area contributed by atoms with Gasteiger partial charge in [-0.2, -0.15) is 0 Å². The van der Waals surface area contributed by atoms with Gasteiger partial charge in [0.1, 0.15) is 5.82 Å². The third-order valence-electron chi connectivity index (χ3n) is 3.69. The van der Waals surface area contributed by atoms with Crippen molar-refractivity contribution in [2.75, 3.05) is 0 Å². The Morgan fingerprint density at radius 3 is 2.83 bits per heavy atom. The highest BCUT2D eigenvalue weighted by molar-refractivity contribution is 5.59. The van der Waals surface area contributed by atoms with Crippen molar-refractivity contribution in [3.63, 3.8) is 0 Å². The minimum absolute atomic E-state index is 0.280. The summed E-state index contributed by atoms with van der Waals surface area (Å²) in [6, 6.07) is 8.96. The minimum Gasteiger partial charge on any atom is -0.333 e. The average molecular weight is 241 g/mol. The summed E-state index contributed by atoms with van der Waals surface area (Å²) >= 11 is 0. The molecule has 1 atom stereocenters. The summed E-state index contributed by atoms with van der Waals surface area (Å²) in [5.74, 6) is 1.17. The number of hydrogen-bond acceptors (Lipinski definition) is 2. The van der Waals surface area contributed by atoms with Crippen molar-refractivity contribution >= 4 is 0 Å². The van der Waals surface area contributed by atoms with Gasteiger partial charge in [-0.3, -0.25) is 0 Å². The molecule has 0 spiro atoms. The Hall–Kier alpha value is -1.61. The van der Waals surface area contributed by atoms with Gasteiger partial charge in [0.15, 0.2) is 0 Å².